The van der Waals surface area contributed by atoms with Crippen LogP contribution in [0.2, 0.25) is 0 Å². The number of fused-ring (bicyclic) bond motifs is 3. The molecule has 7 rings (SSSR count). The first kappa shape index (κ1) is 32.4. The van der Waals surface area contributed by atoms with Crippen LogP contribution in [0.25, 0.3) is 32.3 Å². The van der Waals surface area contributed by atoms with Crippen molar-refractivity contribution in [3.8, 4) is 0 Å². The number of Topliss-reactive ketones (excluding diaryl/α,β-unsaturated/α-hetero) is 1. The minimum absolute atomic E-state index is 0.0410. The summed E-state index contributed by atoms with van der Waals surface area (Å²) in [7, 11) is -3.37. The van der Waals surface area contributed by atoms with Gasteiger partial charge in [0.2, 0.25) is 0 Å². The van der Waals surface area contributed by atoms with Crippen LogP contribution in [0.1, 0.15) is 55.1 Å². The highest BCUT2D eigenvalue weighted by atomic mass is 31.2. The van der Waals surface area contributed by atoms with Crippen LogP contribution < -0.4 is 0 Å². The van der Waals surface area contributed by atoms with Crippen LogP contribution in [-0.2, 0) is 4.57 Å². The molecular formula is C40H35N2O6P. The Morgan fingerprint density at radius 3 is 1.90 bits per heavy atom. The predicted molar refractivity (Wildman–Crippen MR) is 192 cm³/mol. The number of nitrogens with zero attached hydrogens (tertiary/aromatic N) is 2. The predicted octanol–water partition coefficient (Wildman–Crippen LogP) is 7.62. The van der Waals surface area contributed by atoms with Crippen molar-refractivity contribution in [2.75, 3.05) is 20.1 Å². The summed E-state index contributed by atoms with van der Waals surface area (Å²) in [4.78, 5) is 66.8. The lowest BCUT2D eigenvalue weighted by atomic mass is 9.91. The van der Waals surface area contributed by atoms with Crippen molar-refractivity contribution >= 4 is 57.5 Å². The molecule has 0 bridgehead atoms. The summed E-state index contributed by atoms with van der Waals surface area (Å²) in [6.45, 7) is 0.914. The second kappa shape index (κ2) is 13.1. The van der Waals surface area contributed by atoms with Crippen LogP contribution in [0.15, 0.2) is 121 Å². The lowest BCUT2D eigenvalue weighted by Crippen LogP contribution is -2.47. The monoisotopic (exact) mass is 670 g/mol. The Bertz CT molecular complexity index is 2300. The third kappa shape index (κ3) is 6.27. The van der Waals surface area contributed by atoms with Crippen LogP contribution in [-0.4, -0.2) is 63.4 Å². The molecule has 0 aliphatic carbocycles. The Labute approximate surface area is 283 Å². The molecule has 6 aromatic rings. The van der Waals surface area contributed by atoms with Crippen molar-refractivity contribution in [1.82, 2.24) is 9.80 Å². The van der Waals surface area contributed by atoms with Gasteiger partial charge in [-0.3, -0.25) is 18.9 Å². The Kier molecular flexibility index (Phi) is 8.63. The summed E-state index contributed by atoms with van der Waals surface area (Å²) in [5, 5.41) is 4.76. The van der Waals surface area contributed by atoms with Crippen LogP contribution >= 0.6 is 7.60 Å². The number of likely N-dealkylation sites (tertiary alicyclic amines) is 1. The van der Waals surface area contributed by atoms with E-state index in [0.29, 0.717) is 42.3 Å². The Balaban J connectivity index is 1.18. The lowest BCUT2D eigenvalue weighted by molar-refractivity contribution is 0.0567. The molecule has 2 amide bonds. The van der Waals surface area contributed by atoms with E-state index in [1.807, 2.05) is 78.9 Å². The fourth-order valence-corrected chi connectivity index (χ4v) is 8.08. The molecule has 1 saturated heterocycles. The van der Waals surface area contributed by atoms with Gasteiger partial charge in [-0.25, -0.2) is 0 Å². The molecule has 1 aliphatic rings. The molecule has 1 unspecified atom stereocenters. The van der Waals surface area contributed by atoms with Gasteiger partial charge in [0.1, 0.15) is 5.66 Å². The number of hydrogen-bond acceptors (Lipinski definition) is 4. The molecule has 1 fully saturated rings. The topological polar surface area (TPSA) is 115 Å². The van der Waals surface area contributed by atoms with Gasteiger partial charge in [0.05, 0.1) is 5.56 Å². The molecule has 1 aliphatic heterocycles. The van der Waals surface area contributed by atoms with Crippen LogP contribution in [0.3, 0.4) is 0 Å². The molecule has 0 spiro atoms. The van der Waals surface area contributed by atoms with E-state index in [-0.39, 0.29) is 28.6 Å². The van der Waals surface area contributed by atoms with Gasteiger partial charge in [0.25, 0.3) is 11.8 Å². The molecule has 8 nitrogen and oxygen atoms in total. The van der Waals surface area contributed by atoms with E-state index in [0.717, 1.165) is 21.5 Å². The summed E-state index contributed by atoms with van der Waals surface area (Å²) < 4.78 is 13.1. The molecule has 49 heavy (non-hydrogen) atoms. The van der Waals surface area contributed by atoms with Crippen molar-refractivity contribution in [3.05, 3.63) is 144 Å². The first-order valence-corrected chi connectivity index (χ1v) is 17.9. The summed E-state index contributed by atoms with van der Waals surface area (Å²) in [6.07, 6.45) is 1.08. The average Bonchev–Trinajstić information content (AvgIpc) is 3.12. The third-order valence-electron chi connectivity index (χ3n) is 9.70. The molecule has 9 heteroatoms. The van der Waals surface area contributed by atoms with E-state index >= 15 is 0 Å². The van der Waals surface area contributed by atoms with Crippen molar-refractivity contribution < 1.29 is 28.7 Å². The summed E-state index contributed by atoms with van der Waals surface area (Å²) >= 11 is 0. The number of amides is 2. The van der Waals surface area contributed by atoms with Gasteiger partial charge in [-0.1, -0.05) is 97.1 Å². The zero-order valence-corrected chi connectivity index (χ0v) is 27.8. The molecule has 0 radical (unpaired) electrons. The van der Waals surface area contributed by atoms with E-state index < -0.39 is 24.9 Å². The zero-order valence-electron chi connectivity index (χ0n) is 26.9. The van der Waals surface area contributed by atoms with Gasteiger partial charge in [0.15, 0.2) is 5.78 Å². The van der Waals surface area contributed by atoms with Gasteiger partial charge in [-0.05, 0) is 75.0 Å². The number of carbonyl (C=O) groups is 3. The molecule has 0 saturated carbocycles. The highest BCUT2D eigenvalue weighted by Gasteiger charge is 2.41. The van der Waals surface area contributed by atoms with Crippen molar-refractivity contribution in [3.63, 3.8) is 0 Å². The van der Waals surface area contributed by atoms with Crippen molar-refractivity contribution in [1.29, 1.82) is 0 Å². The summed E-state index contributed by atoms with van der Waals surface area (Å²) in [6, 6.07) is 36.0. The van der Waals surface area contributed by atoms with Crippen LogP contribution in [0, 0.1) is 0 Å². The van der Waals surface area contributed by atoms with Gasteiger partial charge >= 0.3 is 7.60 Å². The van der Waals surface area contributed by atoms with Crippen molar-refractivity contribution in [2.24, 2.45) is 0 Å². The molecule has 2 N–H and O–H groups in total. The maximum absolute atomic E-state index is 14.4. The summed E-state index contributed by atoms with van der Waals surface area (Å²) in [5.41, 5.74) is -0.937. The highest BCUT2D eigenvalue weighted by molar-refractivity contribution is 7.53. The number of benzene rings is 6. The zero-order chi connectivity index (χ0) is 34.3. The largest absolute Gasteiger partial charge is 0.340 e. The van der Waals surface area contributed by atoms with Gasteiger partial charge in [0, 0.05) is 37.3 Å². The van der Waals surface area contributed by atoms with Crippen molar-refractivity contribution in [2.45, 2.75) is 24.5 Å². The van der Waals surface area contributed by atoms with Gasteiger partial charge in [-0.2, -0.15) is 0 Å². The van der Waals surface area contributed by atoms with Gasteiger partial charge < -0.3 is 19.6 Å². The second-order valence-corrected chi connectivity index (χ2v) is 14.4. The van der Waals surface area contributed by atoms with E-state index in [1.54, 1.807) is 59.3 Å². The third-order valence-corrected chi connectivity index (χ3v) is 10.9. The smallest absolute Gasteiger partial charge is 0.339 e. The molecule has 6 aromatic carbocycles. The van der Waals surface area contributed by atoms with E-state index in [2.05, 4.69) is 0 Å². The first-order valence-electron chi connectivity index (χ1n) is 16.3. The fourth-order valence-electron chi connectivity index (χ4n) is 7.05. The Hall–Kier alpha value is -5.14. The minimum Gasteiger partial charge on any atom is -0.339 e. The molecule has 0 aromatic heterocycles. The average molecular weight is 671 g/mol. The molecule has 246 valence electrons. The second-order valence-electron chi connectivity index (χ2n) is 12.7. The van der Waals surface area contributed by atoms with Crippen LogP contribution in [0.5, 0.6) is 0 Å². The maximum Gasteiger partial charge on any atom is 0.340 e. The van der Waals surface area contributed by atoms with Gasteiger partial charge in [-0.15, -0.1) is 0 Å². The number of rotatable bonds is 7. The van der Waals surface area contributed by atoms with E-state index in [4.69, 9.17) is 0 Å². The summed E-state index contributed by atoms with van der Waals surface area (Å²) in [5.74, 6) is -1.30. The number of carbonyl (C=O) groups excluding carboxylic acids is 3. The number of hydrogen-bond donors (Lipinski definition) is 2. The normalized spacial score (nSPS) is 14.6. The fraction of sp³-hybridized carbons (Fsp3) is 0.175. The first-order chi connectivity index (χ1) is 23.6. The number of ketones is 1. The quantitative estimate of drug-likeness (QED) is 0.133. The van der Waals surface area contributed by atoms with E-state index in [9.17, 15) is 28.7 Å². The molecular weight excluding hydrogens is 635 g/mol. The Morgan fingerprint density at radius 2 is 1.24 bits per heavy atom. The minimum atomic E-state index is -5.05. The Morgan fingerprint density at radius 1 is 0.694 bits per heavy atom. The lowest BCUT2D eigenvalue weighted by Gasteiger charge is -2.37. The maximum atomic E-state index is 14.4. The van der Waals surface area contributed by atoms with E-state index in [1.165, 1.54) is 0 Å². The molecule has 1 heterocycles. The number of piperidine rings is 1. The SMILES string of the molecule is CN(C(=O)c1cc2ccccc2cc1C(=O)C(c1cccc2ccccc12)P(=O)(O)O)C1CCN(C(=O)c2ccc3ccccc3c2)CC1. The highest BCUT2D eigenvalue weighted by Crippen LogP contribution is 2.55. The van der Waals surface area contributed by atoms with Crippen LogP contribution in [0.4, 0.5) is 0 Å². The standard InChI is InChI=1S/C40H35N2O6P/c1-41(32-19-21-42(22-20-32)39(44)31-18-17-26-9-2-3-11-28(26)23-31)40(45)36-25-30-13-5-4-12-29(30)24-35(36)37(43)38(49(46,47)48)34-16-8-14-27-10-6-7-15-33(27)34/h2-18,23-25,32,38H,19-22H2,1H3,(H2,46,47,48). The molecule has 1 atom stereocenters.